The van der Waals surface area contributed by atoms with Crippen molar-refractivity contribution in [3.8, 4) is 0 Å². The SMILES string of the molecule is CNc1nc(Cl)nc(NCC2(CC(C)C)CCCC2)n1. The van der Waals surface area contributed by atoms with E-state index in [-0.39, 0.29) is 5.28 Å². The highest BCUT2D eigenvalue weighted by Gasteiger charge is 2.34. The van der Waals surface area contributed by atoms with Gasteiger partial charge in [-0.15, -0.1) is 0 Å². The third-order valence-corrected chi connectivity index (χ3v) is 4.13. The van der Waals surface area contributed by atoms with Gasteiger partial charge in [0.15, 0.2) is 0 Å². The van der Waals surface area contributed by atoms with E-state index in [1.807, 2.05) is 0 Å². The van der Waals surface area contributed by atoms with Crippen molar-refractivity contribution in [1.82, 2.24) is 15.0 Å². The molecule has 20 heavy (non-hydrogen) atoms. The van der Waals surface area contributed by atoms with Gasteiger partial charge in [-0.1, -0.05) is 26.7 Å². The predicted octanol–water partition coefficient (Wildman–Crippen LogP) is 3.59. The first-order valence-electron chi connectivity index (χ1n) is 7.36. The lowest BCUT2D eigenvalue weighted by Gasteiger charge is -2.31. The van der Waals surface area contributed by atoms with Crippen LogP contribution in [0.3, 0.4) is 0 Å². The lowest BCUT2D eigenvalue weighted by molar-refractivity contribution is 0.252. The molecule has 112 valence electrons. The van der Waals surface area contributed by atoms with Gasteiger partial charge in [-0.3, -0.25) is 0 Å². The van der Waals surface area contributed by atoms with Crippen LogP contribution in [-0.2, 0) is 0 Å². The van der Waals surface area contributed by atoms with Crippen LogP contribution in [0.25, 0.3) is 0 Å². The summed E-state index contributed by atoms with van der Waals surface area (Å²) in [6.07, 6.45) is 6.48. The van der Waals surface area contributed by atoms with Gasteiger partial charge in [0.05, 0.1) is 0 Å². The van der Waals surface area contributed by atoms with E-state index >= 15 is 0 Å². The van der Waals surface area contributed by atoms with Gasteiger partial charge in [-0.25, -0.2) is 0 Å². The van der Waals surface area contributed by atoms with Gasteiger partial charge < -0.3 is 10.6 Å². The van der Waals surface area contributed by atoms with Crippen LogP contribution in [0.5, 0.6) is 0 Å². The van der Waals surface area contributed by atoms with Crippen molar-refractivity contribution in [2.75, 3.05) is 24.2 Å². The van der Waals surface area contributed by atoms with Gasteiger partial charge in [-0.2, -0.15) is 15.0 Å². The predicted molar refractivity (Wildman–Crippen MR) is 83.2 cm³/mol. The summed E-state index contributed by atoms with van der Waals surface area (Å²) < 4.78 is 0. The number of nitrogens with one attached hydrogen (secondary N) is 2. The topological polar surface area (TPSA) is 62.7 Å². The Hall–Kier alpha value is -1.10. The smallest absolute Gasteiger partial charge is 0.228 e. The maximum atomic E-state index is 5.90. The highest BCUT2D eigenvalue weighted by atomic mass is 35.5. The normalized spacial score (nSPS) is 17.4. The Morgan fingerprint density at radius 1 is 1.15 bits per heavy atom. The van der Waals surface area contributed by atoms with Crippen molar-refractivity contribution in [1.29, 1.82) is 0 Å². The van der Waals surface area contributed by atoms with Crippen LogP contribution < -0.4 is 10.6 Å². The van der Waals surface area contributed by atoms with Crippen molar-refractivity contribution in [2.45, 2.75) is 46.0 Å². The minimum Gasteiger partial charge on any atom is -0.357 e. The molecule has 0 bridgehead atoms. The highest BCUT2D eigenvalue weighted by molar-refractivity contribution is 6.28. The zero-order valence-electron chi connectivity index (χ0n) is 12.5. The first kappa shape index (κ1) is 15.3. The Kier molecular flexibility index (Phi) is 5.02. The van der Waals surface area contributed by atoms with E-state index in [9.17, 15) is 0 Å². The zero-order valence-corrected chi connectivity index (χ0v) is 13.3. The Morgan fingerprint density at radius 2 is 1.80 bits per heavy atom. The number of halogens is 1. The fourth-order valence-electron chi connectivity index (χ4n) is 3.25. The lowest BCUT2D eigenvalue weighted by atomic mass is 9.78. The van der Waals surface area contributed by atoms with E-state index < -0.39 is 0 Å². The molecule has 0 unspecified atom stereocenters. The lowest BCUT2D eigenvalue weighted by Crippen LogP contribution is -2.29. The molecule has 2 rings (SSSR count). The van der Waals surface area contributed by atoms with Crippen LogP contribution in [0.15, 0.2) is 0 Å². The summed E-state index contributed by atoms with van der Waals surface area (Å²) in [5, 5.41) is 6.47. The van der Waals surface area contributed by atoms with Crippen LogP contribution in [0, 0.1) is 11.3 Å². The number of hydrogen-bond acceptors (Lipinski definition) is 5. The van der Waals surface area contributed by atoms with Gasteiger partial charge in [0.25, 0.3) is 0 Å². The number of anilines is 2. The molecule has 1 aromatic rings. The van der Waals surface area contributed by atoms with Crippen molar-refractivity contribution in [2.24, 2.45) is 11.3 Å². The molecule has 6 heteroatoms. The molecule has 1 aromatic heterocycles. The van der Waals surface area contributed by atoms with E-state index in [0.29, 0.717) is 23.2 Å². The minimum absolute atomic E-state index is 0.219. The monoisotopic (exact) mass is 297 g/mol. The van der Waals surface area contributed by atoms with E-state index in [1.54, 1.807) is 7.05 Å². The van der Waals surface area contributed by atoms with Crippen LogP contribution in [0.1, 0.15) is 46.0 Å². The molecule has 0 saturated heterocycles. The van der Waals surface area contributed by atoms with E-state index in [4.69, 9.17) is 11.6 Å². The summed E-state index contributed by atoms with van der Waals surface area (Å²) in [4.78, 5) is 12.4. The fraction of sp³-hybridized carbons (Fsp3) is 0.786. The van der Waals surface area contributed by atoms with Crippen LogP contribution in [0.4, 0.5) is 11.9 Å². The molecule has 1 aliphatic rings. The molecule has 0 amide bonds. The maximum absolute atomic E-state index is 5.90. The van der Waals surface area contributed by atoms with E-state index in [2.05, 4.69) is 39.4 Å². The second-order valence-electron chi connectivity index (χ2n) is 6.16. The average molecular weight is 298 g/mol. The summed E-state index contributed by atoms with van der Waals surface area (Å²) in [7, 11) is 1.77. The van der Waals surface area contributed by atoms with Crippen LogP contribution in [-0.4, -0.2) is 28.5 Å². The minimum atomic E-state index is 0.219. The van der Waals surface area contributed by atoms with Crippen molar-refractivity contribution in [3.63, 3.8) is 0 Å². The molecule has 0 atom stereocenters. The Morgan fingerprint density at radius 3 is 2.40 bits per heavy atom. The standard InChI is InChI=1S/C14H24ClN5/c1-10(2)8-14(6-4-5-7-14)9-17-13-19-11(15)18-12(16-3)20-13/h10H,4-9H2,1-3H3,(H2,16,17,18,19,20). The summed E-state index contributed by atoms with van der Waals surface area (Å²) in [5.41, 5.74) is 0.382. The Balaban J connectivity index is 2.04. The molecule has 0 aliphatic heterocycles. The molecule has 2 N–H and O–H groups in total. The first-order chi connectivity index (χ1) is 9.53. The number of aromatic nitrogens is 3. The summed E-state index contributed by atoms with van der Waals surface area (Å²) in [6.45, 7) is 5.49. The van der Waals surface area contributed by atoms with Crippen LogP contribution in [0.2, 0.25) is 5.28 Å². The van der Waals surface area contributed by atoms with Gasteiger partial charge in [-0.05, 0) is 42.2 Å². The van der Waals surface area contributed by atoms with Gasteiger partial charge >= 0.3 is 0 Å². The molecule has 1 fully saturated rings. The average Bonchev–Trinajstić information content (AvgIpc) is 2.84. The van der Waals surface area contributed by atoms with Crippen molar-refractivity contribution in [3.05, 3.63) is 5.28 Å². The Bertz CT molecular complexity index is 443. The summed E-state index contributed by atoms with van der Waals surface area (Å²) in [6, 6.07) is 0. The summed E-state index contributed by atoms with van der Waals surface area (Å²) >= 11 is 5.90. The van der Waals surface area contributed by atoms with Crippen molar-refractivity contribution >= 4 is 23.5 Å². The van der Waals surface area contributed by atoms with E-state index in [0.717, 1.165) is 6.54 Å². The number of hydrogen-bond donors (Lipinski definition) is 2. The molecule has 0 aromatic carbocycles. The van der Waals surface area contributed by atoms with Gasteiger partial charge in [0.2, 0.25) is 17.2 Å². The summed E-state index contributed by atoms with van der Waals surface area (Å²) in [5.74, 6) is 1.77. The first-order valence-corrected chi connectivity index (χ1v) is 7.74. The third kappa shape index (κ3) is 3.95. The molecular weight excluding hydrogens is 274 g/mol. The fourth-order valence-corrected chi connectivity index (χ4v) is 3.41. The number of nitrogens with zero attached hydrogens (tertiary/aromatic N) is 3. The second kappa shape index (κ2) is 6.57. The van der Waals surface area contributed by atoms with Crippen molar-refractivity contribution < 1.29 is 0 Å². The maximum Gasteiger partial charge on any atom is 0.228 e. The van der Waals surface area contributed by atoms with Crippen LogP contribution >= 0.6 is 11.6 Å². The molecule has 0 radical (unpaired) electrons. The highest BCUT2D eigenvalue weighted by Crippen LogP contribution is 2.43. The van der Waals surface area contributed by atoms with E-state index in [1.165, 1.54) is 32.1 Å². The molecule has 1 aliphatic carbocycles. The second-order valence-corrected chi connectivity index (χ2v) is 6.50. The molecular formula is C14H24ClN5. The zero-order chi connectivity index (χ0) is 14.6. The Labute approximate surface area is 126 Å². The molecule has 1 heterocycles. The quantitative estimate of drug-likeness (QED) is 0.840. The molecule has 1 saturated carbocycles. The largest absolute Gasteiger partial charge is 0.357 e. The number of rotatable bonds is 6. The molecule has 5 nitrogen and oxygen atoms in total. The van der Waals surface area contributed by atoms with Gasteiger partial charge in [0.1, 0.15) is 0 Å². The third-order valence-electron chi connectivity index (χ3n) is 3.96. The molecule has 0 spiro atoms. The van der Waals surface area contributed by atoms with Gasteiger partial charge in [0, 0.05) is 13.6 Å².